The lowest BCUT2D eigenvalue weighted by Gasteiger charge is -2.37. The molecule has 1 aliphatic heterocycles. The normalized spacial score (nSPS) is 15.8. The van der Waals surface area contributed by atoms with Crippen molar-refractivity contribution in [3.05, 3.63) is 51.7 Å². The van der Waals surface area contributed by atoms with Crippen molar-refractivity contribution in [1.29, 1.82) is 0 Å². The molecular weight excluding hydrogens is 400 g/mol. The van der Waals surface area contributed by atoms with E-state index in [0.29, 0.717) is 25.4 Å². The maximum absolute atomic E-state index is 12.8. The van der Waals surface area contributed by atoms with Crippen molar-refractivity contribution in [2.24, 2.45) is 0 Å². The molecule has 2 rings (SSSR count). The number of nitrogens with zero attached hydrogens (tertiary/aromatic N) is 2. The van der Waals surface area contributed by atoms with Crippen LogP contribution in [0.25, 0.3) is 0 Å². The van der Waals surface area contributed by atoms with Gasteiger partial charge < -0.3 is 19.6 Å². The highest BCUT2D eigenvalue weighted by Crippen LogP contribution is 2.34. The van der Waals surface area contributed by atoms with Gasteiger partial charge >= 0.3 is 6.09 Å². The molecule has 0 atom stereocenters. The predicted octanol–water partition coefficient (Wildman–Crippen LogP) is 6.17. The minimum atomic E-state index is -0.539. The minimum Gasteiger partial charge on any atom is -0.444 e. The molecule has 5 heteroatoms. The molecule has 1 N–H and O–H groups in total. The maximum atomic E-state index is 12.8. The van der Waals surface area contributed by atoms with Crippen LogP contribution < -0.4 is 4.90 Å². The summed E-state index contributed by atoms with van der Waals surface area (Å²) in [7, 11) is 2.09. The molecule has 0 fully saturated rings. The van der Waals surface area contributed by atoms with Crippen molar-refractivity contribution in [1.82, 2.24) is 4.90 Å². The Hall–Kier alpha value is -2.27. The first kappa shape index (κ1) is 26.0. The van der Waals surface area contributed by atoms with E-state index in [4.69, 9.17) is 4.74 Å². The number of amides is 1. The van der Waals surface area contributed by atoms with E-state index in [2.05, 4.69) is 64.8 Å². The zero-order valence-corrected chi connectivity index (χ0v) is 21.5. The molecule has 32 heavy (non-hydrogen) atoms. The van der Waals surface area contributed by atoms with Crippen molar-refractivity contribution in [3.63, 3.8) is 0 Å². The summed E-state index contributed by atoms with van der Waals surface area (Å²) < 4.78 is 5.63. The minimum absolute atomic E-state index is 0.0419. The van der Waals surface area contributed by atoms with Crippen LogP contribution in [0, 0.1) is 6.92 Å². The quantitative estimate of drug-likeness (QED) is 0.572. The lowest BCUT2D eigenvalue weighted by atomic mass is 9.93. The number of allylic oxidation sites excluding steroid dienone is 1. The Kier molecular flexibility index (Phi) is 8.58. The van der Waals surface area contributed by atoms with Gasteiger partial charge in [0.05, 0.1) is 13.2 Å². The lowest BCUT2D eigenvalue weighted by molar-refractivity contribution is 0.0259. The topological polar surface area (TPSA) is 53.0 Å². The monoisotopic (exact) mass is 442 g/mol. The highest BCUT2D eigenvalue weighted by Gasteiger charge is 2.30. The van der Waals surface area contributed by atoms with Gasteiger partial charge in [-0.05, 0) is 75.3 Å². The second-order valence-electron chi connectivity index (χ2n) is 10.1. The van der Waals surface area contributed by atoms with Crippen LogP contribution in [0.3, 0.4) is 0 Å². The number of aliphatic hydroxyl groups is 1. The average Bonchev–Trinajstić information content (AvgIpc) is 2.72. The first-order chi connectivity index (χ1) is 14.9. The number of hydrogen-bond donors (Lipinski definition) is 1. The molecule has 0 radical (unpaired) electrons. The second-order valence-corrected chi connectivity index (χ2v) is 10.1. The van der Waals surface area contributed by atoms with Gasteiger partial charge in [-0.2, -0.15) is 0 Å². The molecule has 0 unspecified atom stereocenters. The number of carbonyl (C=O) groups excluding carboxylic acids is 1. The van der Waals surface area contributed by atoms with E-state index in [1.807, 2.05) is 20.8 Å². The van der Waals surface area contributed by atoms with Gasteiger partial charge in [-0.15, -0.1) is 0 Å². The SMILES string of the molecule is CCC(C)=C(CO)C1=C(N(C)c2ccc(C(C)C)cc2C)CCN(C(=O)OC(C)(C)C)C1. The summed E-state index contributed by atoms with van der Waals surface area (Å²) >= 11 is 0. The summed E-state index contributed by atoms with van der Waals surface area (Å²) in [5.41, 5.74) is 7.42. The molecule has 0 spiro atoms. The maximum Gasteiger partial charge on any atom is 0.410 e. The van der Waals surface area contributed by atoms with Crippen LogP contribution >= 0.6 is 0 Å². The van der Waals surface area contributed by atoms with Gasteiger partial charge in [0.15, 0.2) is 0 Å². The summed E-state index contributed by atoms with van der Waals surface area (Å²) in [5.74, 6) is 0.482. The third-order valence-electron chi connectivity index (χ3n) is 6.19. The molecule has 1 heterocycles. The number of benzene rings is 1. The van der Waals surface area contributed by atoms with Crippen LogP contribution in [0.4, 0.5) is 10.5 Å². The summed E-state index contributed by atoms with van der Waals surface area (Å²) in [4.78, 5) is 16.8. The third-order valence-corrected chi connectivity index (χ3v) is 6.19. The Morgan fingerprint density at radius 3 is 2.44 bits per heavy atom. The smallest absolute Gasteiger partial charge is 0.410 e. The zero-order chi connectivity index (χ0) is 24.2. The molecule has 1 aromatic carbocycles. The number of aliphatic hydroxyl groups excluding tert-OH is 1. The van der Waals surface area contributed by atoms with E-state index >= 15 is 0 Å². The van der Waals surface area contributed by atoms with Crippen LogP contribution in [-0.2, 0) is 4.74 Å². The molecule has 1 aliphatic rings. The van der Waals surface area contributed by atoms with Gasteiger partial charge in [0, 0.05) is 31.4 Å². The molecule has 0 saturated heterocycles. The molecule has 5 nitrogen and oxygen atoms in total. The summed E-state index contributed by atoms with van der Waals surface area (Å²) in [6, 6.07) is 6.64. The van der Waals surface area contributed by atoms with Crippen molar-refractivity contribution in [2.75, 3.05) is 31.6 Å². The molecule has 1 amide bonds. The number of ether oxygens (including phenoxy) is 1. The fraction of sp³-hybridized carbons (Fsp3) is 0.593. The Balaban J connectivity index is 2.52. The van der Waals surface area contributed by atoms with Crippen LogP contribution in [0.2, 0.25) is 0 Å². The van der Waals surface area contributed by atoms with Crippen LogP contribution in [-0.4, -0.2) is 48.4 Å². The van der Waals surface area contributed by atoms with Crippen molar-refractivity contribution in [2.45, 2.75) is 79.8 Å². The van der Waals surface area contributed by atoms with E-state index in [9.17, 15) is 9.90 Å². The average molecular weight is 443 g/mol. The van der Waals surface area contributed by atoms with Gasteiger partial charge in [0.2, 0.25) is 0 Å². The third kappa shape index (κ3) is 6.16. The number of anilines is 1. The van der Waals surface area contributed by atoms with Crippen LogP contribution in [0.15, 0.2) is 40.6 Å². The van der Waals surface area contributed by atoms with E-state index in [1.54, 1.807) is 4.90 Å². The lowest BCUT2D eigenvalue weighted by Crippen LogP contribution is -2.43. The highest BCUT2D eigenvalue weighted by molar-refractivity contribution is 5.70. The summed E-state index contributed by atoms with van der Waals surface area (Å²) in [6.45, 7) is 17.3. The van der Waals surface area contributed by atoms with Gasteiger partial charge in [-0.25, -0.2) is 4.79 Å². The molecule has 0 bridgehead atoms. The van der Waals surface area contributed by atoms with Crippen molar-refractivity contribution >= 4 is 11.8 Å². The van der Waals surface area contributed by atoms with Gasteiger partial charge in [0.25, 0.3) is 0 Å². The Morgan fingerprint density at radius 1 is 1.28 bits per heavy atom. The number of rotatable bonds is 6. The fourth-order valence-electron chi connectivity index (χ4n) is 4.14. The first-order valence-electron chi connectivity index (χ1n) is 11.7. The molecule has 0 saturated carbocycles. The fourth-order valence-corrected chi connectivity index (χ4v) is 4.14. The van der Waals surface area contributed by atoms with Crippen molar-refractivity contribution in [3.8, 4) is 0 Å². The number of hydrogen-bond acceptors (Lipinski definition) is 4. The van der Waals surface area contributed by atoms with Crippen LogP contribution in [0.5, 0.6) is 0 Å². The van der Waals surface area contributed by atoms with Gasteiger partial charge in [0.1, 0.15) is 5.60 Å². The second kappa shape index (κ2) is 10.6. The molecular formula is C27H42N2O3. The van der Waals surface area contributed by atoms with E-state index in [1.165, 1.54) is 11.1 Å². The van der Waals surface area contributed by atoms with E-state index < -0.39 is 5.60 Å². The number of carbonyl (C=O) groups is 1. The Labute approximate surface area is 194 Å². The van der Waals surface area contributed by atoms with Gasteiger partial charge in [-0.1, -0.05) is 38.5 Å². The van der Waals surface area contributed by atoms with Gasteiger partial charge in [-0.3, -0.25) is 0 Å². The zero-order valence-electron chi connectivity index (χ0n) is 21.5. The first-order valence-corrected chi connectivity index (χ1v) is 11.7. The molecule has 178 valence electrons. The largest absolute Gasteiger partial charge is 0.444 e. The Bertz CT molecular complexity index is 891. The van der Waals surface area contributed by atoms with E-state index in [-0.39, 0.29) is 12.7 Å². The number of aryl methyl sites for hydroxylation is 1. The summed E-state index contributed by atoms with van der Waals surface area (Å²) in [6.07, 6.45) is 1.25. The molecule has 1 aromatic rings. The summed E-state index contributed by atoms with van der Waals surface area (Å²) in [5, 5.41) is 10.3. The molecule has 0 aromatic heterocycles. The Morgan fingerprint density at radius 2 is 1.94 bits per heavy atom. The molecule has 0 aliphatic carbocycles. The standard InChI is InChI=1S/C27H42N2O3/c1-10-19(4)23(17-30)22-16-29(26(31)32-27(6,7)8)14-13-25(22)28(9)24-12-11-21(18(2)3)15-20(24)5/h11-12,15,18,30H,10,13-14,16-17H2,1-9H3. The van der Waals surface area contributed by atoms with E-state index in [0.717, 1.165) is 34.5 Å². The van der Waals surface area contributed by atoms with Crippen LogP contribution in [0.1, 0.15) is 78.4 Å². The van der Waals surface area contributed by atoms with Crippen molar-refractivity contribution < 1.29 is 14.6 Å². The predicted molar refractivity (Wildman–Crippen MR) is 133 cm³/mol. The highest BCUT2D eigenvalue weighted by atomic mass is 16.6.